The van der Waals surface area contributed by atoms with Gasteiger partial charge in [0.1, 0.15) is 5.82 Å². The molecule has 1 aromatic carbocycles. The molecule has 0 aliphatic carbocycles. The SMILES string of the molecule is Nc1cc(N2CCN3C(=O)[C@@H](CCCc4cccc5ncsc45)C[C@H]3C2)ccn1. The minimum Gasteiger partial charge on any atom is -0.384 e. The number of thiazole rings is 1. The summed E-state index contributed by atoms with van der Waals surface area (Å²) in [5.74, 6) is 1.05. The summed E-state index contributed by atoms with van der Waals surface area (Å²) in [7, 11) is 0. The molecule has 2 aliphatic heterocycles. The van der Waals surface area contributed by atoms with Crippen molar-refractivity contribution in [2.75, 3.05) is 30.3 Å². The summed E-state index contributed by atoms with van der Waals surface area (Å²) in [6, 6.07) is 10.6. The average Bonchev–Trinajstić information content (AvgIpc) is 3.33. The van der Waals surface area contributed by atoms with Gasteiger partial charge in [-0.3, -0.25) is 4.79 Å². The van der Waals surface area contributed by atoms with Crippen LogP contribution in [0.2, 0.25) is 0 Å². The number of rotatable bonds is 5. The van der Waals surface area contributed by atoms with Crippen molar-refractivity contribution in [3.8, 4) is 0 Å². The van der Waals surface area contributed by atoms with Crippen LogP contribution in [0.1, 0.15) is 24.8 Å². The van der Waals surface area contributed by atoms with Crippen LogP contribution in [0.5, 0.6) is 0 Å². The summed E-state index contributed by atoms with van der Waals surface area (Å²) in [6.07, 6.45) is 5.72. The number of nitrogens with zero attached hydrogens (tertiary/aromatic N) is 4. The first-order valence-electron chi connectivity index (χ1n) is 10.3. The number of carbonyl (C=O) groups excluding carboxylic acids is 1. The zero-order chi connectivity index (χ0) is 19.8. The van der Waals surface area contributed by atoms with Gasteiger partial charge in [0.25, 0.3) is 0 Å². The van der Waals surface area contributed by atoms with Crippen molar-refractivity contribution in [1.82, 2.24) is 14.9 Å². The lowest BCUT2D eigenvalue weighted by molar-refractivity contribution is -0.132. The Balaban J connectivity index is 1.20. The van der Waals surface area contributed by atoms with Crippen molar-refractivity contribution in [2.45, 2.75) is 31.7 Å². The first-order valence-corrected chi connectivity index (χ1v) is 11.1. The zero-order valence-electron chi connectivity index (χ0n) is 16.3. The number of aryl methyl sites for hydroxylation is 1. The fourth-order valence-corrected chi connectivity index (χ4v) is 5.64. The largest absolute Gasteiger partial charge is 0.384 e. The van der Waals surface area contributed by atoms with Gasteiger partial charge in [0, 0.05) is 43.5 Å². The molecule has 29 heavy (non-hydrogen) atoms. The molecule has 0 spiro atoms. The lowest BCUT2D eigenvalue weighted by Gasteiger charge is -2.38. The molecule has 5 rings (SSSR count). The number of pyridine rings is 1. The highest BCUT2D eigenvalue weighted by molar-refractivity contribution is 7.16. The van der Waals surface area contributed by atoms with E-state index in [1.54, 1.807) is 17.5 Å². The second kappa shape index (κ2) is 7.63. The van der Waals surface area contributed by atoms with E-state index in [2.05, 4.69) is 38.0 Å². The molecule has 0 unspecified atom stereocenters. The van der Waals surface area contributed by atoms with Crippen molar-refractivity contribution >= 4 is 39.0 Å². The molecule has 3 aromatic rings. The van der Waals surface area contributed by atoms with Gasteiger partial charge in [0.05, 0.1) is 21.8 Å². The molecule has 4 heterocycles. The summed E-state index contributed by atoms with van der Waals surface area (Å²) in [5.41, 5.74) is 11.3. The predicted octanol–water partition coefficient (Wildman–Crippen LogP) is 3.33. The van der Waals surface area contributed by atoms with Crippen LogP contribution in [0, 0.1) is 5.92 Å². The maximum absolute atomic E-state index is 12.9. The molecule has 6 nitrogen and oxygen atoms in total. The monoisotopic (exact) mass is 407 g/mol. The highest BCUT2D eigenvalue weighted by atomic mass is 32.1. The van der Waals surface area contributed by atoms with Gasteiger partial charge >= 0.3 is 0 Å². The van der Waals surface area contributed by atoms with E-state index >= 15 is 0 Å². The Morgan fingerprint density at radius 3 is 3.03 bits per heavy atom. The Morgan fingerprint density at radius 2 is 2.14 bits per heavy atom. The highest BCUT2D eigenvalue weighted by Crippen LogP contribution is 2.33. The van der Waals surface area contributed by atoms with Crippen LogP contribution in [0.4, 0.5) is 11.5 Å². The van der Waals surface area contributed by atoms with Gasteiger partial charge in [0.2, 0.25) is 5.91 Å². The standard InChI is InChI=1S/C22H25N5OS/c23-20-12-17(7-8-24-20)26-9-10-27-18(13-26)11-16(22(27)28)5-1-3-15-4-2-6-19-21(15)29-14-25-19/h2,4,6-8,12,14,16,18H,1,3,5,9-11,13H2,(H2,23,24)/t16-,18-/m0/s1. The van der Waals surface area contributed by atoms with Crippen LogP contribution >= 0.6 is 11.3 Å². The minimum absolute atomic E-state index is 0.156. The van der Waals surface area contributed by atoms with Crippen LogP contribution in [-0.4, -0.2) is 46.5 Å². The van der Waals surface area contributed by atoms with E-state index in [-0.39, 0.29) is 5.92 Å². The Labute approximate surface area is 174 Å². The molecule has 0 bridgehead atoms. The van der Waals surface area contributed by atoms with E-state index in [9.17, 15) is 4.79 Å². The number of carbonyl (C=O) groups is 1. The zero-order valence-corrected chi connectivity index (χ0v) is 17.1. The topological polar surface area (TPSA) is 75.3 Å². The molecular weight excluding hydrogens is 382 g/mol. The molecule has 0 saturated carbocycles. The molecule has 2 aliphatic rings. The Kier molecular flexibility index (Phi) is 4.83. The van der Waals surface area contributed by atoms with E-state index < -0.39 is 0 Å². The molecule has 150 valence electrons. The van der Waals surface area contributed by atoms with Crippen molar-refractivity contribution in [2.24, 2.45) is 5.92 Å². The summed E-state index contributed by atoms with van der Waals surface area (Å²) in [4.78, 5) is 25.8. The number of hydrogen-bond donors (Lipinski definition) is 1. The van der Waals surface area contributed by atoms with Gasteiger partial charge in [-0.15, -0.1) is 11.3 Å². The molecule has 2 fully saturated rings. The molecule has 7 heteroatoms. The second-order valence-electron chi connectivity index (χ2n) is 8.01. The quantitative estimate of drug-likeness (QED) is 0.702. The van der Waals surface area contributed by atoms with Gasteiger partial charge in [-0.05, 0) is 43.4 Å². The maximum atomic E-state index is 12.9. The molecular formula is C22H25N5OS. The first kappa shape index (κ1) is 18.4. The molecule has 1 amide bonds. The fraction of sp³-hybridized carbons (Fsp3) is 0.409. The third kappa shape index (κ3) is 3.55. The first-order chi connectivity index (χ1) is 14.2. The maximum Gasteiger partial charge on any atom is 0.226 e. The minimum atomic E-state index is 0.156. The van der Waals surface area contributed by atoms with E-state index in [1.807, 2.05) is 17.6 Å². The molecule has 2 atom stereocenters. The van der Waals surface area contributed by atoms with E-state index in [0.29, 0.717) is 17.8 Å². The Morgan fingerprint density at radius 1 is 1.21 bits per heavy atom. The summed E-state index contributed by atoms with van der Waals surface area (Å²) < 4.78 is 1.29. The number of anilines is 2. The Hall–Kier alpha value is -2.67. The number of amides is 1. The van der Waals surface area contributed by atoms with Crippen molar-refractivity contribution in [1.29, 1.82) is 0 Å². The molecule has 0 radical (unpaired) electrons. The van der Waals surface area contributed by atoms with Gasteiger partial charge in [-0.25, -0.2) is 9.97 Å². The van der Waals surface area contributed by atoms with E-state index in [1.165, 1.54) is 10.3 Å². The number of fused-ring (bicyclic) bond motifs is 2. The van der Waals surface area contributed by atoms with E-state index in [0.717, 1.165) is 56.5 Å². The summed E-state index contributed by atoms with van der Waals surface area (Å²) >= 11 is 1.71. The number of hydrogen-bond acceptors (Lipinski definition) is 6. The van der Waals surface area contributed by atoms with Crippen molar-refractivity contribution < 1.29 is 4.79 Å². The normalized spacial score (nSPS) is 21.7. The number of benzene rings is 1. The smallest absolute Gasteiger partial charge is 0.226 e. The number of aromatic nitrogens is 2. The van der Waals surface area contributed by atoms with E-state index in [4.69, 9.17) is 5.73 Å². The van der Waals surface area contributed by atoms with Crippen molar-refractivity contribution in [3.05, 3.63) is 47.6 Å². The molecule has 2 saturated heterocycles. The lowest BCUT2D eigenvalue weighted by atomic mass is 9.96. The Bertz CT molecular complexity index is 1030. The van der Waals surface area contributed by atoms with Gasteiger partial charge in [-0.1, -0.05) is 12.1 Å². The van der Waals surface area contributed by atoms with Crippen LogP contribution in [0.3, 0.4) is 0 Å². The van der Waals surface area contributed by atoms with Crippen LogP contribution < -0.4 is 10.6 Å². The third-order valence-corrected chi connectivity index (χ3v) is 7.16. The number of piperazine rings is 1. The summed E-state index contributed by atoms with van der Waals surface area (Å²) in [6.45, 7) is 2.53. The molecule has 2 aromatic heterocycles. The van der Waals surface area contributed by atoms with Crippen molar-refractivity contribution in [3.63, 3.8) is 0 Å². The number of nitrogens with two attached hydrogens (primary N) is 1. The fourth-order valence-electron chi connectivity index (χ4n) is 4.80. The lowest BCUT2D eigenvalue weighted by Crippen LogP contribution is -2.51. The second-order valence-corrected chi connectivity index (χ2v) is 8.87. The summed E-state index contributed by atoms with van der Waals surface area (Å²) in [5, 5.41) is 0. The third-order valence-electron chi connectivity index (χ3n) is 6.24. The number of nitrogen functional groups attached to an aromatic ring is 1. The highest BCUT2D eigenvalue weighted by Gasteiger charge is 2.41. The van der Waals surface area contributed by atoms with Crippen LogP contribution in [0.15, 0.2) is 42.0 Å². The van der Waals surface area contributed by atoms with Crippen LogP contribution in [-0.2, 0) is 11.2 Å². The average molecular weight is 408 g/mol. The van der Waals surface area contributed by atoms with Crippen LogP contribution in [0.25, 0.3) is 10.2 Å². The van der Waals surface area contributed by atoms with Gasteiger partial charge in [-0.2, -0.15) is 0 Å². The van der Waals surface area contributed by atoms with Gasteiger partial charge < -0.3 is 15.5 Å². The molecule has 2 N–H and O–H groups in total. The predicted molar refractivity (Wildman–Crippen MR) is 117 cm³/mol. The van der Waals surface area contributed by atoms with Gasteiger partial charge in [0.15, 0.2) is 0 Å².